The van der Waals surface area contributed by atoms with E-state index in [1.54, 1.807) is 0 Å². The fourth-order valence-corrected chi connectivity index (χ4v) is 2.04. The molecule has 4 heteroatoms. The maximum absolute atomic E-state index is 12.3. The zero-order chi connectivity index (χ0) is 15.1. The van der Waals surface area contributed by atoms with Gasteiger partial charge in [0, 0.05) is 24.0 Å². The predicted octanol–water partition coefficient (Wildman–Crippen LogP) is 2.46. The molecule has 1 amide bonds. The minimum absolute atomic E-state index is 0.103. The van der Waals surface area contributed by atoms with Gasteiger partial charge in [0.2, 0.25) is 0 Å². The summed E-state index contributed by atoms with van der Waals surface area (Å²) in [5.41, 5.74) is 7.64. The molecule has 0 aliphatic rings. The van der Waals surface area contributed by atoms with Gasteiger partial charge in [-0.1, -0.05) is 18.8 Å². The van der Waals surface area contributed by atoms with Gasteiger partial charge in [0.15, 0.2) is 0 Å². The van der Waals surface area contributed by atoms with Crippen molar-refractivity contribution in [3.05, 3.63) is 53.9 Å². The number of carbonyl (C=O) groups excluding carboxylic acids is 1. The number of nitrogens with one attached hydrogen (secondary N) is 1. The highest BCUT2D eigenvalue weighted by Crippen LogP contribution is 2.12. The number of aryl methyl sites for hydroxylation is 1. The van der Waals surface area contributed by atoms with Crippen LogP contribution in [0.5, 0.6) is 0 Å². The van der Waals surface area contributed by atoms with Crippen molar-refractivity contribution < 1.29 is 4.79 Å². The van der Waals surface area contributed by atoms with Gasteiger partial charge in [-0.2, -0.15) is 0 Å². The zero-order valence-corrected chi connectivity index (χ0v) is 12.1. The number of carbonyl (C=O) groups is 1. The highest BCUT2D eigenvalue weighted by molar-refractivity contribution is 6.03. The van der Waals surface area contributed by atoms with E-state index in [9.17, 15) is 4.79 Å². The average molecular weight is 281 g/mol. The van der Waals surface area contributed by atoms with Crippen molar-refractivity contribution in [2.24, 2.45) is 5.73 Å². The lowest BCUT2D eigenvalue weighted by atomic mass is 10.2. The van der Waals surface area contributed by atoms with Gasteiger partial charge in [-0.05, 0) is 42.8 Å². The Balaban J connectivity index is 2.07. The first-order valence-corrected chi connectivity index (χ1v) is 7.00. The molecule has 0 unspecified atom stereocenters. The number of benzene rings is 1. The van der Waals surface area contributed by atoms with Crippen LogP contribution in [0.15, 0.2) is 42.6 Å². The van der Waals surface area contributed by atoms with Gasteiger partial charge in [-0.25, -0.2) is 0 Å². The molecule has 2 aromatic rings. The Morgan fingerprint density at radius 2 is 2.05 bits per heavy atom. The summed E-state index contributed by atoms with van der Waals surface area (Å²) in [5, 5.41) is 2.89. The van der Waals surface area contributed by atoms with Crippen LogP contribution >= 0.6 is 0 Å². The summed E-state index contributed by atoms with van der Waals surface area (Å²) < 4.78 is 1.95. The first-order valence-electron chi connectivity index (χ1n) is 7.00. The third-order valence-electron chi connectivity index (χ3n) is 3.00. The summed E-state index contributed by atoms with van der Waals surface area (Å²) in [7, 11) is 0. The number of nitrogens with two attached hydrogens (primary N) is 1. The summed E-state index contributed by atoms with van der Waals surface area (Å²) in [6, 6.07) is 11.1. The second-order valence-corrected chi connectivity index (χ2v) is 4.62. The molecule has 0 atom stereocenters. The van der Waals surface area contributed by atoms with Crippen LogP contribution in [-0.2, 0) is 6.54 Å². The monoisotopic (exact) mass is 281 g/mol. The van der Waals surface area contributed by atoms with E-state index in [1.807, 2.05) is 47.2 Å². The summed E-state index contributed by atoms with van der Waals surface area (Å²) in [5.74, 6) is 5.64. The van der Waals surface area contributed by atoms with Gasteiger partial charge >= 0.3 is 0 Å². The predicted molar refractivity (Wildman–Crippen MR) is 85.1 cm³/mol. The Morgan fingerprint density at radius 3 is 2.71 bits per heavy atom. The molecule has 0 saturated heterocycles. The van der Waals surface area contributed by atoms with E-state index in [0.717, 1.165) is 24.2 Å². The Morgan fingerprint density at radius 1 is 1.29 bits per heavy atom. The average Bonchev–Trinajstić information content (AvgIpc) is 2.95. The maximum Gasteiger partial charge on any atom is 0.272 e. The fourth-order valence-electron chi connectivity index (χ4n) is 2.04. The lowest BCUT2D eigenvalue weighted by Gasteiger charge is -2.08. The van der Waals surface area contributed by atoms with Gasteiger partial charge in [0.05, 0.1) is 6.54 Å². The Bertz CT molecular complexity index is 659. The summed E-state index contributed by atoms with van der Waals surface area (Å²) in [6.07, 6.45) is 2.91. The minimum Gasteiger partial charge on any atom is -0.344 e. The van der Waals surface area contributed by atoms with Gasteiger partial charge < -0.3 is 15.6 Å². The molecule has 0 saturated carbocycles. The van der Waals surface area contributed by atoms with Crippen LogP contribution in [-0.4, -0.2) is 17.0 Å². The van der Waals surface area contributed by atoms with E-state index in [-0.39, 0.29) is 5.91 Å². The Kier molecular flexibility index (Phi) is 5.19. The maximum atomic E-state index is 12.3. The molecule has 3 N–H and O–H groups in total. The lowest BCUT2D eigenvalue weighted by molar-refractivity contribution is 0.101. The van der Waals surface area contributed by atoms with Crippen LogP contribution in [0, 0.1) is 11.8 Å². The highest BCUT2D eigenvalue weighted by atomic mass is 16.1. The third-order valence-corrected chi connectivity index (χ3v) is 3.00. The number of aromatic nitrogens is 1. The van der Waals surface area contributed by atoms with Crippen molar-refractivity contribution in [1.29, 1.82) is 0 Å². The number of hydrogen-bond donors (Lipinski definition) is 2. The second-order valence-electron chi connectivity index (χ2n) is 4.62. The summed E-state index contributed by atoms with van der Waals surface area (Å²) >= 11 is 0. The standard InChI is InChI=1S/C17H19N3O/c1-2-12-20-13-4-6-16(20)17(21)19-15-9-7-14(8-10-15)5-3-11-18/h4,6-10,13H,2,11-12,18H2,1H3,(H,19,21). The van der Waals surface area contributed by atoms with Gasteiger partial charge in [-0.15, -0.1) is 0 Å². The summed E-state index contributed by atoms with van der Waals surface area (Å²) in [6.45, 7) is 3.26. The molecule has 4 nitrogen and oxygen atoms in total. The van der Waals surface area contributed by atoms with Crippen molar-refractivity contribution in [2.75, 3.05) is 11.9 Å². The normalized spacial score (nSPS) is 9.81. The van der Waals surface area contributed by atoms with Crippen LogP contribution in [0.3, 0.4) is 0 Å². The molecule has 0 radical (unpaired) electrons. The van der Waals surface area contributed by atoms with Crippen LogP contribution < -0.4 is 11.1 Å². The molecule has 0 aliphatic carbocycles. The van der Waals surface area contributed by atoms with Crippen molar-refractivity contribution in [1.82, 2.24) is 4.57 Å². The lowest BCUT2D eigenvalue weighted by Crippen LogP contribution is -2.16. The molecule has 0 aliphatic heterocycles. The molecule has 21 heavy (non-hydrogen) atoms. The van der Waals surface area contributed by atoms with Gasteiger partial charge in [0.1, 0.15) is 5.69 Å². The smallest absolute Gasteiger partial charge is 0.272 e. The SMILES string of the molecule is CCCn1cccc1C(=O)Nc1ccc(C#CCN)cc1. The van der Waals surface area contributed by atoms with Crippen LogP contribution in [0.25, 0.3) is 0 Å². The Hall–Kier alpha value is -2.51. The third kappa shape index (κ3) is 3.98. The molecule has 2 rings (SSSR count). The highest BCUT2D eigenvalue weighted by Gasteiger charge is 2.10. The van der Waals surface area contributed by atoms with Crippen LogP contribution in [0.4, 0.5) is 5.69 Å². The minimum atomic E-state index is -0.103. The van der Waals surface area contributed by atoms with Gasteiger partial charge in [0.25, 0.3) is 5.91 Å². The van der Waals surface area contributed by atoms with E-state index >= 15 is 0 Å². The Labute approximate surface area is 125 Å². The topological polar surface area (TPSA) is 60.0 Å². The van der Waals surface area contributed by atoms with E-state index in [2.05, 4.69) is 24.1 Å². The number of rotatable bonds is 4. The van der Waals surface area contributed by atoms with Gasteiger partial charge in [-0.3, -0.25) is 4.79 Å². The number of amides is 1. The number of anilines is 1. The largest absolute Gasteiger partial charge is 0.344 e. The molecule has 0 spiro atoms. The number of nitrogens with zero attached hydrogens (tertiary/aromatic N) is 1. The molecular formula is C17H19N3O. The van der Waals surface area contributed by atoms with Crippen molar-refractivity contribution in [3.8, 4) is 11.8 Å². The first-order chi connectivity index (χ1) is 10.2. The van der Waals surface area contributed by atoms with E-state index in [0.29, 0.717) is 12.2 Å². The summed E-state index contributed by atoms with van der Waals surface area (Å²) in [4.78, 5) is 12.3. The molecule has 0 fully saturated rings. The quantitative estimate of drug-likeness (QED) is 0.846. The zero-order valence-electron chi connectivity index (χ0n) is 12.1. The molecule has 1 aromatic carbocycles. The van der Waals surface area contributed by atoms with Crippen molar-refractivity contribution in [2.45, 2.75) is 19.9 Å². The molecule has 1 aromatic heterocycles. The second kappa shape index (κ2) is 7.32. The van der Waals surface area contributed by atoms with Crippen LogP contribution in [0.2, 0.25) is 0 Å². The van der Waals surface area contributed by atoms with Crippen LogP contribution in [0.1, 0.15) is 29.4 Å². The first kappa shape index (κ1) is 14.9. The van der Waals surface area contributed by atoms with Crippen molar-refractivity contribution >= 4 is 11.6 Å². The molecule has 0 bridgehead atoms. The number of hydrogen-bond acceptors (Lipinski definition) is 2. The van der Waals surface area contributed by atoms with E-state index < -0.39 is 0 Å². The van der Waals surface area contributed by atoms with Crippen molar-refractivity contribution in [3.63, 3.8) is 0 Å². The van der Waals surface area contributed by atoms with E-state index in [4.69, 9.17) is 5.73 Å². The molecule has 108 valence electrons. The molecular weight excluding hydrogens is 262 g/mol. The van der Waals surface area contributed by atoms with E-state index in [1.165, 1.54) is 0 Å². The fraction of sp³-hybridized carbons (Fsp3) is 0.235. The molecule has 1 heterocycles.